The third kappa shape index (κ3) is 4.09. The second kappa shape index (κ2) is 6.76. The number of hydrogen-bond donors (Lipinski definition) is 1. The molecule has 0 saturated carbocycles. The molecule has 5 heteroatoms. The Kier molecular flexibility index (Phi) is 4.78. The average Bonchev–Trinajstić information content (AvgIpc) is 2.47. The van der Waals surface area contributed by atoms with Gasteiger partial charge in [-0.1, -0.05) is 12.1 Å². The van der Waals surface area contributed by atoms with Gasteiger partial charge in [0.15, 0.2) is 6.10 Å². The van der Waals surface area contributed by atoms with Crippen molar-refractivity contribution in [2.75, 3.05) is 0 Å². The normalized spacial score (nSPS) is 11.5. The highest BCUT2D eigenvalue weighted by Crippen LogP contribution is 2.16. The number of carbonyl (C=O) groups is 2. The molecule has 2 rings (SSSR count). The highest BCUT2D eigenvalue weighted by atomic mass is 16.6. The van der Waals surface area contributed by atoms with Crippen LogP contribution in [0.15, 0.2) is 48.5 Å². The summed E-state index contributed by atoms with van der Waals surface area (Å²) in [5.41, 5.74) is 6.54. The minimum Gasteiger partial charge on any atom is -0.479 e. The van der Waals surface area contributed by atoms with Crippen LogP contribution in [0.4, 0.5) is 0 Å². The van der Waals surface area contributed by atoms with E-state index in [0.717, 1.165) is 5.56 Å². The van der Waals surface area contributed by atoms with Crippen LogP contribution in [0.3, 0.4) is 0 Å². The highest BCUT2D eigenvalue weighted by molar-refractivity contribution is 5.92. The van der Waals surface area contributed by atoms with Gasteiger partial charge in [0.05, 0.1) is 0 Å². The Bertz CT molecular complexity index is 679. The number of nitrogens with two attached hydrogens (primary N) is 1. The Morgan fingerprint density at radius 1 is 1.05 bits per heavy atom. The second-order valence-electron chi connectivity index (χ2n) is 4.89. The Balaban J connectivity index is 1.97. The molecule has 2 aromatic carbocycles. The van der Waals surface area contributed by atoms with Gasteiger partial charge in [0.25, 0.3) is 0 Å². The van der Waals surface area contributed by atoms with Crippen LogP contribution in [0.2, 0.25) is 0 Å². The second-order valence-corrected chi connectivity index (χ2v) is 4.89. The molecule has 2 N–H and O–H groups in total. The minimum atomic E-state index is -0.752. The fourth-order valence-electron chi connectivity index (χ4n) is 1.83. The van der Waals surface area contributed by atoms with E-state index in [1.165, 1.54) is 24.3 Å². The number of primary amides is 1. The molecule has 0 heterocycles. The van der Waals surface area contributed by atoms with E-state index >= 15 is 0 Å². The number of carbonyl (C=O) groups excluding carboxylic acids is 2. The summed E-state index contributed by atoms with van der Waals surface area (Å²) in [6.07, 6.45) is -0.752. The van der Waals surface area contributed by atoms with Crippen LogP contribution in [0.1, 0.15) is 22.8 Å². The molecule has 0 aromatic heterocycles. The number of hydrogen-bond acceptors (Lipinski definition) is 4. The summed E-state index contributed by atoms with van der Waals surface area (Å²) in [5.74, 6) is -0.120. The van der Waals surface area contributed by atoms with Gasteiger partial charge >= 0.3 is 5.97 Å². The predicted molar refractivity (Wildman–Crippen MR) is 81.9 cm³/mol. The van der Waals surface area contributed by atoms with E-state index in [2.05, 4.69) is 0 Å². The van der Waals surface area contributed by atoms with Crippen LogP contribution in [0.5, 0.6) is 11.5 Å². The zero-order valence-corrected chi connectivity index (χ0v) is 12.4. The Morgan fingerprint density at radius 3 is 2.32 bits per heavy atom. The lowest BCUT2D eigenvalue weighted by Gasteiger charge is -2.14. The van der Waals surface area contributed by atoms with Gasteiger partial charge < -0.3 is 15.2 Å². The number of esters is 1. The van der Waals surface area contributed by atoms with E-state index in [0.29, 0.717) is 17.1 Å². The molecule has 22 heavy (non-hydrogen) atoms. The van der Waals surface area contributed by atoms with Crippen LogP contribution >= 0.6 is 0 Å². The number of ether oxygens (including phenoxy) is 2. The Hall–Kier alpha value is -2.82. The lowest BCUT2D eigenvalue weighted by atomic mass is 10.2. The third-order valence-electron chi connectivity index (χ3n) is 2.99. The summed E-state index contributed by atoms with van der Waals surface area (Å²) in [4.78, 5) is 22.9. The van der Waals surface area contributed by atoms with E-state index in [-0.39, 0.29) is 0 Å². The number of rotatable bonds is 5. The van der Waals surface area contributed by atoms with Gasteiger partial charge in [0.2, 0.25) is 5.91 Å². The van der Waals surface area contributed by atoms with Crippen LogP contribution in [-0.2, 0) is 4.79 Å². The van der Waals surface area contributed by atoms with E-state index in [1.807, 2.05) is 25.1 Å². The molecule has 0 fully saturated rings. The highest BCUT2D eigenvalue weighted by Gasteiger charge is 2.17. The van der Waals surface area contributed by atoms with Gasteiger partial charge in [-0.25, -0.2) is 4.79 Å². The molecule has 5 nitrogen and oxygen atoms in total. The smallest absolute Gasteiger partial charge is 0.352 e. The number of amides is 1. The van der Waals surface area contributed by atoms with Gasteiger partial charge in [-0.05, 0) is 55.8 Å². The maximum absolute atomic E-state index is 12.0. The maximum Gasteiger partial charge on any atom is 0.352 e. The van der Waals surface area contributed by atoms with Gasteiger partial charge in [-0.3, -0.25) is 4.79 Å². The number of benzene rings is 2. The predicted octanol–water partition coefficient (Wildman–Crippen LogP) is 2.47. The van der Waals surface area contributed by atoms with Crippen molar-refractivity contribution in [3.05, 3.63) is 59.7 Å². The molecule has 0 radical (unpaired) electrons. The molecule has 0 spiro atoms. The van der Waals surface area contributed by atoms with Crippen molar-refractivity contribution >= 4 is 11.9 Å². The van der Waals surface area contributed by atoms with Crippen molar-refractivity contribution in [1.82, 2.24) is 0 Å². The third-order valence-corrected chi connectivity index (χ3v) is 2.99. The topological polar surface area (TPSA) is 78.6 Å². The van der Waals surface area contributed by atoms with Gasteiger partial charge in [0, 0.05) is 5.56 Å². The standard InChI is InChI=1S/C17H17NO4/c1-11-4-3-5-15(10-11)21-12(2)17(20)22-14-8-6-13(7-9-14)16(18)19/h3-10,12H,1-2H3,(H2,18,19)/t12-/m1/s1. The van der Waals surface area contributed by atoms with Gasteiger partial charge in [-0.2, -0.15) is 0 Å². The van der Waals surface area contributed by atoms with Crippen molar-refractivity contribution < 1.29 is 19.1 Å². The summed E-state index contributed by atoms with van der Waals surface area (Å²) in [6.45, 7) is 3.55. The first kappa shape index (κ1) is 15.6. The Morgan fingerprint density at radius 2 is 1.73 bits per heavy atom. The molecule has 1 amide bonds. The fraction of sp³-hybridized carbons (Fsp3) is 0.176. The molecular weight excluding hydrogens is 282 g/mol. The zero-order valence-electron chi connectivity index (χ0n) is 12.4. The molecule has 114 valence electrons. The van der Waals surface area contributed by atoms with Crippen molar-refractivity contribution in [3.8, 4) is 11.5 Å². The molecule has 0 aliphatic carbocycles. The zero-order chi connectivity index (χ0) is 16.1. The average molecular weight is 299 g/mol. The van der Waals surface area contributed by atoms with E-state index < -0.39 is 18.0 Å². The summed E-state index contributed by atoms with van der Waals surface area (Å²) in [7, 11) is 0. The van der Waals surface area contributed by atoms with Crippen molar-refractivity contribution in [2.24, 2.45) is 5.73 Å². The fourth-order valence-corrected chi connectivity index (χ4v) is 1.83. The van der Waals surface area contributed by atoms with Crippen LogP contribution in [0.25, 0.3) is 0 Å². The van der Waals surface area contributed by atoms with Crippen LogP contribution in [0, 0.1) is 6.92 Å². The van der Waals surface area contributed by atoms with E-state index in [9.17, 15) is 9.59 Å². The van der Waals surface area contributed by atoms with Crippen molar-refractivity contribution in [1.29, 1.82) is 0 Å². The van der Waals surface area contributed by atoms with Gasteiger partial charge in [-0.15, -0.1) is 0 Å². The summed E-state index contributed by atoms with van der Waals surface area (Å²) < 4.78 is 10.7. The molecule has 1 atom stereocenters. The monoisotopic (exact) mass is 299 g/mol. The first-order chi connectivity index (χ1) is 10.5. The van der Waals surface area contributed by atoms with E-state index in [4.69, 9.17) is 15.2 Å². The van der Waals surface area contributed by atoms with Crippen molar-refractivity contribution in [3.63, 3.8) is 0 Å². The molecule has 0 aliphatic heterocycles. The number of aryl methyl sites for hydroxylation is 1. The van der Waals surface area contributed by atoms with Crippen LogP contribution in [-0.4, -0.2) is 18.0 Å². The van der Waals surface area contributed by atoms with Crippen LogP contribution < -0.4 is 15.2 Å². The van der Waals surface area contributed by atoms with Crippen molar-refractivity contribution in [2.45, 2.75) is 20.0 Å². The molecule has 0 aliphatic rings. The summed E-state index contributed by atoms with van der Waals surface area (Å²) in [5, 5.41) is 0. The first-order valence-corrected chi connectivity index (χ1v) is 6.80. The minimum absolute atomic E-state index is 0.328. The van der Waals surface area contributed by atoms with E-state index in [1.54, 1.807) is 13.0 Å². The molecule has 2 aromatic rings. The van der Waals surface area contributed by atoms with Gasteiger partial charge in [0.1, 0.15) is 11.5 Å². The molecule has 0 saturated heterocycles. The lowest BCUT2D eigenvalue weighted by Crippen LogP contribution is -2.28. The summed E-state index contributed by atoms with van der Waals surface area (Å²) in [6, 6.07) is 13.4. The first-order valence-electron chi connectivity index (χ1n) is 6.80. The largest absolute Gasteiger partial charge is 0.479 e. The summed E-state index contributed by atoms with van der Waals surface area (Å²) >= 11 is 0. The quantitative estimate of drug-likeness (QED) is 0.679. The lowest BCUT2D eigenvalue weighted by molar-refractivity contribution is -0.141. The maximum atomic E-state index is 12.0. The molecule has 0 unspecified atom stereocenters. The SMILES string of the molecule is Cc1cccc(O[C@H](C)C(=O)Oc2ccc(C(N)=O)cc2)c1. The molecular formula is C17H17NO4. The molecule has 0 bridgehead atoms. The Labute approximate surface area is 128 Å².